The Morgan fingerprint density at radius 2 is 1.90 bits per heavy atom. The average molecular weight is 283 g/mol. The molecule has 0 saturated carbocycles. The van der Waals surface area contributed by atoms with Crippen molar-refractivity contribution in [1.29, 1.82) is 0 Å². The normalized spacial score (nSPS) is 11.4. The van der Waals surface area contributed by atoms with E-state index in [1.807, 2.05) is 0 Å². The lowest BCUT2D eigenvalue weighted by atomic mass is 10.0. The monoisotopic (exact) mass is 283 g/mol. The van der Waals surface area contributed by atoms with Gasteiger partial charge in [0, 0.05) is 37.7 Å². The molecule has 0 atom stereocenters. The molecule has 0 aliphatic carbocycles. The van der Waals surface area contributed by atoms with Crippen LogP contribution in [0.5, 0.6) is 0 Å². The van der Waals surface area contributed by atoms with Crippen LogP contribution in [0.1, 0.15) is 5.56 Å². The number of hydrogen-bond donors (Lipinski definition) is 1. The number of aromatic nitrogens is 2. The van der Waals surface area contributed by atoms with Crippen molar-refractivity contribution >= 4 is 5.69 Å². The van der Waals surface area contributed by atoms with Crippen molar-refractivity contribution in [3.05, 3.63) is 46.6 Å². The molecule has 7 heteroatoms. The maximum Gasteiger partial charge on any atom is 0.418 e. The van der Waals surface area contributed by atoms with E-state index in [2.05, 4.69) is 9.97 Å². The fraction of sp³-hybridized carbons (Fsp3) is 0.231. The van der Waals surface area contributed by atoms with E-state index >= 15 is 0 Å². The van der Waals surface area contributed by atoms with E-state index in [-0.39, 0.29) is 5.69 Å². The van der Waals surface area contributed by atoms with Gasteiger partial charge in [-0.15, -0.1) is 0 Å². The molecule has 1 N–H and O–H groups in total. The Kier molecular flexibility index (Phi) is 3.52. The molecule has 0 amide bonds. The van der Waals surface area contributed by atoms with Gasteiger partial charge < -0.3 is 9.88 Å². The molecule has 0 bridgehead atoms. The molecule has 1 aromatic carbocycles. The Labute approximate surface area is 112 Å². The molecule has 2 rings (SSSR count). The van der Waals surface area contributed by atoms with Gasteiger partial charge in [0.2, 0.25) is 0 Å². The molecule has 20 heavy (non-hydrogen) atoms. The standard InChI is InChI=1S/C13H12F3N3O/c1-19(2)11-4-3-8(5-10(11)13(14,15)16)9-6-17-12(20)18-7-9/h3-7H,1-2H3,(H,17,18,20). The van der Waals surface area contributed by atoms with Crippen LogP contribution in [0, 0.1) is 0 Å². The second-order valence-electron chi connectivity index (χ2n) is 4.43. The molecule has 0 spiro atoms. The predicted molar refractivity (Wildman–Crippen MR) is 69.6 cm³/mol. The molecule has 0 radical (unpaired) electrons. The van der Waals surface area contributed by atoms with Crippen LogP contribution in [0.25, 0.3) is 11.1 Å². The van der Waals surface area contributed by atoms with Crippen LogP contribution in [-0.4, -0.2) is 24.1 Å². The Balaban J connectivity index is 2.58. The van der Waals surface area contributed by atoms with Gasteiger partial charge in [-0.1, -0.05) is 6.07 Å². The Morgan fingerprint density at radius 3 is 2.40 bits per heavy atom. The SMILES string of the molecule is CN(C)c1ccc(-c2cnc(=O)[nH]c2)cc1C(F)(F)F. The van der Waals surface area contributed by atoms with Gasteiger partial charge >= 0.3 is 11.9 Å². The molecule has 1 aromatic heterocycles. The minimum absolute atomic E-state index is 0.0821. The van der Waals surface area contributed by atoms with Crippen LogP contribution >= 0.6 is 0 Å². The first-order valence-corrected chi connectivity index (χ1v) is 5.72. The maximum atomic E-state index is 13.1. The molecule has 106 valence electrons. The molecule has 0 fully saturated rings. The minimum Gasteiger partial charge on any atom is -0.377 e. The van der Waals surface area contributed by atoms with Gasteiger partial charge in [0.1, 0.15) is 0 Å². The third-order valence-electron chi connectivity index (χ3n) is 2.79. The molecular weight excluding hydrogens is 271 g/mol. The summed E-state index contributed by atoms with van der Waals surface area (Å²) < 4.78 is 39.2. The summed E-state index contributed by atoms with van der Waals surface area (Å²) in [5.41, 5.74) is -0.438. The third-order valence-corrected chi connectivity index (χ3v) is 2.79. The molecule has 0 aliphatic rings. The summed E-state index contributed by atoms with van der Waals surface area (Å²) in [6.07, 6.45) is -1.88. The lowest BCUT2D eigenvalue weighted by molar-refractivity contribution is -0.137. The molecule has 0 aliphatic heterocycles. The zero-order chi connectivity index (χ0) is 14.9. The number of nitrogens with zero attached hydrogens (tertiary/aromatic N) is 2. The van der Waals surface area contributed by atoms with E-state index < -0.39 is 17.4 Å². The summed E-state index contributed by atoms with van der Waals surface area (Å²) >= 11 is 0. The van der Waals surface area contributed by atoms with Crippen LogP contribution in [0.15, 0.2) is 35.4 Å². The Hall–Kier alpha value is -2.31. The minimum atomic E-state index is -4.45. The second-order valence-corrected chi connectivity index (χ2v) is 4.43. The first kappa shape index (κ1) is 14.1. The van der Waals surface area contributed by atoms with Crippen molar-refractivity contribution in [2.45, 2.75) is 6.18 Å². The highest BCUT2D eigenvalue weighted by molar-refractivity contribution is 5.68. The highest BCUT2D eigenvalue weighted by atomic mass is 19.4. The van der Waals surface area contributed by atoms with E-state index in [9.17, 15) is 18.0 Å². The Bertz CT molecular complexity index is 657. The van der Waals surface area contributed by atoms with E-state index in [4.69, 9.17) is 0 Å². The first-order valence-electron chi connectivity index (χ1n) is 5.72. The van der Waals surface area contributed by atoms with Crippen LogP contribution in [0.3, 0.4) is 0 Å². The zero-order valence-corrected chi connectivity index (χ0v) is 10.8. The van der Waals surface area contributed by atoms with Gasteiger partial charge in [0.05, 0.1) is 5.56 Å². The predicted octanol–water partition coefficient (Wildman–Crippen LogP) is 2.52. The number of alkyl halides is 3. The fourth-order valence-corrected chi connectivity index (χ4v) is 1.83. The maximum absolute atomic E-state index is 13.1. The van der Waals surface area contributed by atoms with Crippen molar-refractivity contribution in [2.75, 3.05) is 19.0 Å². The van der Waals surface area contributed by atoms with Crippen molar-refractivity contribution in [3.8, 4) is 11.1 Å². The van der Waals surface area contributed by atoms with E-state index in [0.717, 1.165) is 6.07 Å². The number of rotatable bonds is 2. The van der Waals surface area contributed by atoms with Crippen LogP contribution in [-0.2, 0) is 6.18 Å². The number of hydrogen-bond acceptors (Lipinski definition) is 3. The molecule has 0 unspecified atom stereocenters. The number of H-pyrrole nitrogens is 1. The Morgan fingerprint density at radius 1 is 1.20 bits per heavy atom. The molecule has 2 aromatic rings. The summed E-state index contributed by atoms with van der Waals surface area (Å²) in [6.45, 7) is 0. The number of benzene rings is 1. The summed E-state index contributed by atoms with van der Waals surface area (Å²) in [5.74, 6) is 0. The van der Waals surface area contributed by atoms with E-state index in [0.29, 0.717) is 11.1 Å². The van der Waals surface area contributed by atoms with Crippen LogP contribution < -0.4 is 10.6 Å². The molecule has 0 saturated heterocycles. The van der Waals surface area contributed by atoms with Crippen molar-refractivity contribution in [3.63, 3.8) is 0 Å². The molecule has 1 heterocycles. The van der Waals surface area contributed by atoms with Crippen LogP contribution in [0.2, 0.25) is 0 Å². The summed E-state index contributed by atoms with van der Waals surface area (Å²) in [7, 11) is 3.09. The summed E-state index contributed by atoms with van der Waals surface area (Å²) in [5, 5.41) is 0. The lowest BCUT2D eigenvalue weighted by Gasteiger charge is -2.20. The first-order chi connectivity index (χ1) is 9.29. The second kappa shape index (κ2) is 4.99. The highest BCUT2D eigenvalue weighted by Crippen LogP contribution is 2.38. The van der Waals surface area contributed by atoms with Crippen molar-refractivity contribution in [2.24, 2.45) is 0 Å². The lowest BCUT2D eigenvalue weighted by Crippen LogP contribution is -2.16. The topological polar surface area (TPSA) is 49.0 Å². The number of anilines is 1. The summed E-state index contributed by atoms with van der Waals surface area (Å²) in [4.78, 5) is 18.1. The van der Waals surface area contributed by atoms with Crippen molar-refractivity contribution in [1.82, 2.24) is 9.97 Å². The number of halogens is 3. The van der Waals surface area contributed by atoms with E-state index in [1.165, 1.54) is 23.4 Å². The number of aromatic amines is 1. The quantitative estimate of drug-likeness (QED) is 0.921. The smallest absolute Gasteiger partial charge is 0.377 e. The van der Waals surface area contributed by atoms with Gasteiger partial charge in [0.25, 0.3) is 0 Å². The van der Waals surface area contributed by atoms with Crippen molar-refractivity contribution < 1.29 is 13.2 Å². The van der Waals surface area contributed by atoms with Gasteiger partial charge in [-0.3, -0.25) is 0 Å². The average Bonchev–Trinajstić information content (AvgIpc) is 2.38. The molecular formula is C13H12F3N3O. The van der Waals surface area contributed by atoms with Gasteiger partial charge in [-0.2, -0.15) is 13.2 Å². The molecule has 4 nitrogen and oxygen atoms in total. The van der Waals surface area contributed by atoms with Crippen LogP contribution in [0.4, 0.5) is 18.9 Å². The fourth-order valence-electron chi connectivity index (χ4n) is 1.83. The largest absolute Gasteiger partial charge is 0.418 e. The highest BCUT2D eigenvalue weighted by Gasteiger charge is 2.34. The summed E-state index contributed by atoms with van der Waals surface area (Å²) in [6, 6.07) is 3.99. The van der Waals surface area contributed by atoms with Gasteiger partial charge in [-0.05, 0) is 17.7 Å². The zero-order valence-electron chi connectivity index (χ0n) is 10.8. The van der Waals surface area contributed by atoms with Gasteiger partial charge in [-0.25, -0.2) is 9.78 Å². The van der Waals surface area contributed by atoms with Gasteiger partial charge in [0.15, 0.2) is 0 Å². The van der Waals surface area contributed by atoms with E-state index in [1.54, 1.807) is 20.2 Å². The third kappa shape index (κ3) is 2.81. The number of nitrogens with one attached hydrogen (secondary N) is 1.